The van der Waals surface area contributed by atoms with Gasteiger partial charge in [0, 0.05) is 23.0 Å². The fourth-order valence-corrected chi connectivity index (χ4v) is 2.21. The monoisotopic (exact) mass is 352 g/mol. The van der Waals surface area contributed by atoms with E-state index in [1.807, 2.05) is 26.8 Å². The number of amides is 2. The van der Waals surface area contributed by atoms with E-state index in [2.05, 4.69) is 15.6 Å². The molecule has 0 unspecified atom stereocenters. The number of hydrogen-bond acceptors (Lipinski definition) is 5. The van der Waals surface area contributed by atoms with Crippen LogP contribution in [0, 0.1) is 11.3 Å². The normalized spacial score (nSPS) is 10.7. The third-order valence-electron chi connectivity index (χ3n) is 3.32. The second kappa shape index (κ2) is 7.66. The maximum absolute atomic E-state index is 12.2. The van der Waals surface area contributed by atoms with Crippen LogP contribution in [0.5, 0.6) is 5.75 Å². The highest BCUT2D eigenvalue weighted by atomic mass is 16.3. The molecule has 2 rings (SSSR count). The zero-order valence-electron chi connectivity index (χ0n) is 14.8. The third kappa shape index (κ3) is 5.31. The second-order valence-corrected chi connectivity index (χ2v) is 6.81. The number of phenols is 1. The summed E-state index contributed by atoms with van der Waals surface area (Å²) in [5.74, 6) is -0.782. The number of carbonyl (C=O) groups excluding carboxylic acids is 2. The van der Waals surface area contributed by atoms with Crippen LogP contribution in [0.2, 0.25) is 0 Å². The van der Waals surface area contributed by atoms with Crippen LogP contribution in [0.15, 0.2) is 36.5 Å². The molecule has 0 bridgehead atoms. The number of nitriles is 1. The van der Waals surface area contributed by atoms with Gasteiger partial charge in [0.1, 0.15) is 11.4 Å². The number of aromatic nitrogens is 1. The zero-order valence-corrected chi connectivity index (χ0v) is 14.8. The van der Waals surface area contributed by atoms with Gasteiger partial charge < -0.3 is 15.7 Å². The highest BCUT2D eigenvalue weighted by molar-refractivity contribution is 5.96. The van der Waals surface area contributed by atoms with Gasteiger partial charge in [0.25, 0.3) is 5.91 Å². The molecule has 134 valence electrons. The maximum Gasteiger partial charge on any atom is 0.270 e. The summed E-state index contributed by atoms with van der Waals surface area (Å²) in [5.41, 5.74) is 0.908. The molecule has 26 heavy (non-hydrogen) atoms. The molecule has 0 saturated carbocycles. The van der Waals surface area contributed by atoms with Crippen LogP contribution in [-0.2, 0) is 11.2 Å². The molecule has 1 aromatic heterocycles. The molecule has 0 atom stereocenters. The van der Waals surface area contributed by atoms with Gasteiger partial charge in [-0.05, 0) is 51.1 Å². The largest absolute Gasteiger partial charge is 0.508 e. The number of rotatable bonds is 4. The van der Waals surface area contributed by atoms with Crippen molar-refractivity contribution in [3.63, 3.8) is 0 Å². The number of benzene rings is 1. The Morgan fingerprint density at radius 3 is 2.62 bits per heavy atom. The molecule has 0 spiro atoms. The van der Waals surface area contributed by atoms with E-state index < -0.39 is 5.54 Å². The maximum atomic E-state index is 12.2. The number of anilines is 1. The van der Waals surface area contributed by atoms with Crippen molar-refractivity contribution in [3.05, 3.63) is 53.3 Å². The second-order valence-electron chi connectivity index (χ2n) is 6.81. The van der Waals surface area contributed by atoms with E-state index in [-0.39, 0.29) is 29.7 Å². The molecule has 0 aliphatic carbocycles. The van der Waals surface area contributed by atoms with Gasteiger partial charge in [-0.25, -0.2) is 0 Å². The first-order valence-electron chi connectivity index (χ1n) is 7.98. The molecular weight excluding hydrogens is 332 g/mol. The summed E-state index contributed by atoms with van der Waals surface area (Å²) in [4.78, 5) is 28.4. The minimum absolute atomic E-state index is 0.0564. The lowest BCUT2D eigenvalue weighted by atomic mass is 10.1. The summed E-state index contributed by atoms with van der Waals surface area (Å²) in [6.07, 6.45) is 1.33. The lowest BCUT2D eigenvalue weighted by molar-refractivity contribution is -0.115. The summed E-state index contributed by atoms with van der Waals surface area (Å²) in [6.45, 7) is 5.58. The van der Waals surface area contributed by atoms with Crippen molar-refractivity contribution in [1.29, 1.82) is 5.26 Å². The number of carbonyl (C=O) groups is 2. The summed E-state index contributed by atoms with van der Waals surface area (Å²) in [5, 5.41) is 24.2. The standard InChI is InChI=1S/C19H20N4O3/c1-19(2,3)23-18(26)15-10-14(6-7-21-15)22-17(25)9-13-8-12(11-20)4-5-16(13)24/h4-8,10,24H,9H2,1-3H3,(H,23,26)(H,21,22,25). The number of aromatic hydroxyl groups is 1. The Morgan fingerprint density at radius 2 is 1.96 bits per heavy atom. The van der Waals surface area contributed by atoms with E-state index in [0.717, 1.165) is 0 Å². The van der Waals surface area contributed by atoms with E-state index in [1.54, 1.807) is 6.07 Å². The van der Waals surface area contributed by atoms with Crippen molar-refractivity contribution in [2.75, 3.05) is 5.32 Å². The molecule has 0 fully saturated rings. The Kier molecular flexibility index (Phi) is 5.58. The summed E-state index contributed by atoms with van der Waals surface area (Å²) < 4.78 is 0. The van der Waals surface area contributed by atoms with Crippen LogP contribution < -0.4 is 10.6 Å². The van der Waals surface area contributed by atoms with E-state index in [1.165, 1.54) is 30.5 Å². The molecule has 2 aromatic rings. The quantitative estimate of drug-likeness (QED) is 0.781. The van der Waals surface area contributed by atoms with Crippen LogP contribution in [-0.4, -0.2) is 27.4 Å². The van der Waals surface area contributed by atoms with Gasteiger partial charge in [-0.3, -0.25) is 14.6 Å². The number of phenolic OH excluding ortho intramolecular Hbond substituents is 1. The fourth-order valence-electron chi connectivity index (χ4n) is 2.21. The molecule has 7 heteroatoms. The third-order valence-corrected chi connectivity index (χ3v) is 3.32. The highest BCUT2D eigenvalue weighted by Crippen LogP contribution is 2.19. The molecular formula is C19H20N4O3. The average Bonchev–Trinajstić information content (AvgIpc) is 2.55. The lowest BCUT2D eigenvalue weighted by Gasteiger charge is -2.20. The fraction of sp³-hybridized carbons (Fsp3) is 0.263. The molecule has 1 heterocycles. The van der Waals surface area contributed by atoms with Crippen molar-refractivity contribution in [3.8, 4) is 11.8 Å². The van der Waals surface area contributed by atoms with Crippen LogP contribution >= 0.6 is 0 Å². The van der Waals surface area contributed by atoms with Crippen molar-refractivity contribution >= 4 is 17.5 Å². The van der Waals surface area contributed by atoms with Gasteiger partial charge >= 0.3 is 0 Å². The van der Waals surface area contributed by atoms with E-state index >= 15 is 0 Å². The van der Waals surface area contributed by atoms with Crippen LogP contribution in [0.4, 0.5) is 5.69 Å². The SMILES string of the molecule is CC(C)(C)NC(=O)c1cc(NC(=O)Cc2cc(C#N)ccc2O)ccn1. The Balaban J connectivity index is 2.09. The Hall–Kier alpha value is -3.40. The predicted molar refractivity (Wildman–Crippen MR) is 96.6 cm³/mol. The molecule has 0 saturated heterocycles. The van der Waals surface area contributed by atoms with Crippen molar-refractivity contribution in [2.24, 2.45) is 0 Å². The van der Waals surface area contributed by atoms with E-state index in [4.69, 9.17) is 5.26 Å². The molecule has 0 aliphatic rings. The number of pyridine rings is 1. The number of nitrogens with one attached hydrogen (secondary N) is 2. The molecule has 0 aliphatic heterocycles. The van der Waals surface area contributed by atoms with Crippen LogP contribution in [0.25, 0.3) is 0 Å². The summed E-state index contributed by atoms with van der Waals surface area (Å²) in [6, 6.07) is 9.32. The minimum atomic E-state index is -0.401. The average molecular weight is 352 g/mol. The number of nitrogens with zero attached hydrogens (tertiary/aromatic N) is 2. The van der Waals surface area contributed by atoms with Gasteiger partial charge in [-0.1, -0.05) is 0 Å². The smallest absolute Gasteiger partial charge is 0.270 e. The Morgan fingerprint density at radius 1 is 1.23 bits per heavy atom. The Bertz CT molecular complexity index is 879. The van der Waals surface area contributed by atoms with Crippen molar-refractivity contribution < 1.29 is 14.7 Å². The summed E-state index contributed by atoms with van der Waals surface area (Å²) in [7, 11) is 0. The number of hydrogen-bond donors (Lipinski definition) is 3. The molecule has 3 N–H and O–H groups in total. The first-order valence-corrected chi connectivity index (χ1v) is 7.98. The molecule has 7 nitrogen and oxygen atoms in total. The topological polar surface area (TPSA) is 115 Å². The zero-order chi connectivity index (χ0) is 19.3. The highest BCUT2D eigenvalue weighted by Gasteiger charge is 2.17. The van der Waals surface area contributed by atoms with E-state index in [0.29, 0.717) is 16.8 Å². The predicted octanol–water partition coefficient (Wildman–Crippen LogP) is 2.37. The van der Waals surface area contributed by atoms with Crippen LogP contribution in [0.3, 0.4) is 0 Å². The minimum Gasteiger partial charge on any atom is -0.508 e. The van der Waals surface area contributed by atoms with Gasteiger partial charge in [0.2, 0.25) is 5.91 Å². The summed E-state index contributed by atoms with van der Waals surface area (Å²) >= 11 is 0. The first-order chi connectivity index (χ1) is 12.2. The van der Waals surface area contributed by atoms with Crippen molar-refractivity contribution in [1.82, 2.24) is 10.3 Å². The first kappa shape index (κ1) is 18.9. The van der Waals surface area contributed by atoms with Gasteiger partial charge in [-0.15, -0.1) is 0 Å². The van der Waals surface area contributed by atoms with Gasteiger partial charge in [-0.2, -0.15) is 5.26 Å². The molecule has 2 amide bonds. The van der Waals surface area contributed by atoms with Gasteiger partial charge in [0.05, 0.1) is 18.1 Å². The van der Waals surface area contributed by atoms with Crippen molar-refractivity contribution in [2.45, 2.75) is 32.7 Å². The molecule has 0 radical (unpaired) electrons. The van der Waals surface area contributed by atoms with Crippen LogP contribution in [0.1, 0.15) is 42.4 Å². The Labute approximate surface area is 151 Å². The van der Waals surface area contributed by atoms with Gasteiger partial charge in [0.15, 0.2) is 0 Å². The van der Waals surface area contributed by atoms with E-state index in [9.17, 15) is 14.7 Å². The molecule has 1 aromatic carbocycles. The lowest BCUT2D eigenvalue weighted by Crippen LogP contribution is -2.40.